The molecule has 0 aromatic heterocycles. The molecule has 0 bridgehead atoms. The maximum Gasteiger partial charge on any atom is 0.349 e. The molecule has 0 amide bonds. The molecule has 0 saturated carbocycles. The molecular formula is C31H42ClNO6. The zero-order chi connectivity index (χ0) is 27.9. The summed E-state index contributed by atoms with van der Waals surface area (Å²) < 4.78 is 22.6. The molecule has 3 rings (SSSR count). The van der Waals surface area contributed by atoms with E-state index < -0.39 is 11.6 Å². The van der Waals surface area contributed by atoms with E-state index in [1.54, 1.807) is 32.9 Å². The second-order valence-electron chi connectivity index (χ2n) is 10.3. The van der Waals surface area contributed by atoms with Crippen LogP contribution < -0.4 is 9.47 Å². The van der Waals surface area contributed by atoms with Gasteiger partial charge in [-0.2, -0.15) is 0 Å². The lowest BCUT2D eigenvalue weighted by Crippen LogP contribution is -2.40. The number of halogens is 1. The summed E-state index contributed by atoms with van der Waals surface area (Å²) >= 11 is 0. The number of hydrogen-bond donors (Lipinski definition) is 0. The molecule has 1 heterocycles. The highest BCUT2D eigenvalue weighted by Gasteiger charge is 2.32. The van der Waals surface area contributed by atoms with Gasteiger partial charge in [0.25, 0.3) is 0 Å². The molecule has 1 saturated heterocycles. The Hall–Kier alpha value is -2.87. The number of aryl methyl sites for hydroxylation is 4. The lowest BCUT2D eigenvalue weighted by molar-refractivity contribution is -0.158. The fourth-order valence-corrected chi connectivity index (χ4v) is 4.53. The summed E-state index contributed by atoms with van der Waals surface area (Å²) in [5.41, 5.74) is 4.04. The molecule has 39 heavy (non-hydrogen) atoms. The molecule has 7 nitrogen and oxygen atoms in total. The predicted octanol–water partition coefficient (Wildman–Crippen LogP) is 5.67. The van der Waals surface area contributed by atoms with Crippen LogP contribution in [0.1, 0.15) is 58.9 Å². The molecule has 0 unspecified atom stereocenters. The molecule has 214 valence electrons. The Morgan fingerprint density at radius 3 is 2.08 bits per heavy atom. The summed E-state index contributed by atoms with van der Waals surface area (Å²) in [7, 11) is 0. The van der Waals surface area contributed by atoms with Gasteiger partial charge < -0.3 is 18.9 Å². The molecule has 0 spiro atoms. The van der Waals surface area contributed by atoms with Crippen LogP contribution >= 0.6 is 12.4 Å². The SMILES string of the molecule is CCOC(=O)C(C)(C)Oc1c(C)cc(C=CC(=O)c2cc(C)c(OCCN3CCOCC3)c(C)c2)cc1C.Cl. The number of rotatable bonds is 11. The predicted molar refractivity (Wildman–Crippen MR) is 157 cm³/mol. The average Bonchev–Trinajstić information content (AvgIpc) is 2.87. The van der Waals surface area contributed by atoms with Gasteiger partial charge in [-0.05, 0) is 107 Å². The summed E-state index contributed by atoms with van der Waals surface area (Å²) in [6, 6.07) is 7.65. The van der Waals surface area contributed by atoms with Crippen molar-refractivity contribution < 1.29 is 28.5 Å². The highest BCUT2D eigenvalue weighted by Crippen LogP contribution is 2.30. The van der Waals surface area contributed by atoms with Gasteiger partial charge in [0.2, 0.25) is 0 Å². The summed E-state index contributed by atoms with van der Waals surface area (Å²) in [5.74, 6) is 0.996. The first-order chi connectivity index (χ1) is 18.0. The first-order valence-electron chi connectivity index (χ1n) is 13.3. The van der Waals surface area contributed by atoms with Crippen LogP contribution in [0.5, 0.6) is 11.5 Å². The third-order valence-electron chi connectivity index (χ3n) is 6.54. The quantitative estimate of drug-likeness (QED) is 0.199. The molecule has 0 radical (unpaired) electrons. The Balaban J connectivity index is 0.00000533. The van der Waals surface area contributed by atoms with E-state index >= 15 is 0 Å². The number of carbonyl (C=O) groups excluding carboxylic acids is 2. The van der Waals surface area contributed by atoms with Gasteiger partial charge in [-0.15, -0.1) is 12.4 Å². The lowest BCUT2D eigenvalue weighted by atomic mass is 10.0. The van der Waals surface area contributed by atoms with Gasteiger partial charge >= 0.3 is 5.97 Å². The Bertz CT molecular complexity index is 1140. The van der Waals surface area contributed by atoms with E-state index in [-0.39, 0.29) is 18.2 Å². The molecule has 2 aromatic carbocycles. The molecule has 2 aromatic rings. The van der Waals surface area contributed by atoms with Crippen molar-refractivity contribution in [2.75, 3.05) is 46.1 Å². The second kappa shape index (κ2) is 14.5. The summed E-state index contributed by atoms with van der Waals surface area (Å²) in [5, 5.41) is 0. The number of ketones is 1. The van der Waals surface area contributed by atoms with Crippen LogP contribution in [0.2, 0.25) is 0 Å². The standard InChI is InChI=1S/C31H41NO6.ClH/c1-8-36-30(34)31(6,7)38-29-21(2)17-25(18-22(29)3)9-10-27(33)26-19-23(4)28(24(5)20-26)37-16-13-32-11-14-35-15-12-32;/h9-10,17-20H,8,11-16H2,1-7H3;1H. The molecule has 1 aliphatic heterocycles. The van der Waals surface area contributed by atoms with E-state index in [0.29, 0.717) is 24.5 Å². The number of benzene rings is 2. The smallest absolute Gasteiger partial charge is 0.349 e. The summed E-state index contributed by atoms with van der Waals surface area (Å²) in [6.07, 6.45) is 3.39. The summed E-state index contributed by atoms with van der Waals surface area (Å²) in [6.45, 7) is 18.1. The van der Waals surface area contributed by atoms with Crippen molar-refractivity contribution in [3.63, 3.8) is 0 Å². The molecule has 1 aliphatic rings. The van der Waals surface area contributed by atoms with Crippen LogP contribution in [0.15, 0.2) is 30.3 Å². The van der Waals surface area contributed by atoms with Gasteiger partial charge in [-0.3, -0.25) is 9.69 Å². The van der Waals surface area contributed by atoms with Crippen LogP contribution in [0, 0.1) is 27.7 Å². The largest absolute Gasteiger partial charge is 0.492 e. The van der Waals surface area contributed by atoms with Crippen LogP contribution in [0.4, 0.5) is 0 Å². The van der Waals surface area contributed by atoms with Crippen LogP contribution in [0.3, 0.4) is 0 Å². The Labute approximate surface area is 238 Å². The van der Waals surface area contributed by atoms with E-state index in [0.717, 1.165) is 66.4 Å². The Morgan fingerprint density at radius 1 is 0.949 bits per heavy atom. The third-order valence-corrected chi connectivity index (χ3v) is 6.54. The second-order valence-corrected chi connectivity index (χ2v) is 10.3. The van der Waals surface area contributed by atoms with Crippen molar-refractivity contribution in [1.29, 1.82) is 0 Å². The first-order valence-corrected chi connectivity index (χ1v) is 13.3. The van der Waals surface area contributed by atoms with Crippen LogP contribution in [-0.4, -0.2) is 68.3 Å². The fraction of sp³-hybridized carbons (Fsp3) is 0.484. The van der Waals surface area contributed by atoms with Crippen molar-refractivity contribution in [2.45, 2.75) is 54.1 Å². The average molecular weight is 560 g/mol. The van der Waals surface area contributed by atoms with E-state index in [1.165, 1.54) is 0 Å². The monoisotopic (exact) mass is 559 g/mol. The zero-order valence-corrected chi connectivity index (χ0v) is 25.0. The van der Waals surface area contributed by atoms with E-state index in [9.17, 15) is 9.59 Å². The maximum atomic E-state index is 13.0. The van der Waals surface area contributed by atoms with Gasteiger partial charge in [0.05, 0.1) is 19.8 Å². The van der Waals surface area contributed by atoms with Crippen molar-refractivity contribution in [1.82, 2.24) is 4.90 Å². The minimum atomic E-state index is -1.10. The highest BCUT2D eigenvalue weighted by molar-refractivity contribution is 6.07. The van der Waals surface area contributed by atoms with Gasteiger partial charge in [0, 0.05) is 25.2 Å². The highest BCUT2D eigenvalue weighted by atomic mass is 35.5. The zero-order valence-electron chi connectivity index (χ0n) is 24.2. The van der Waals surface area contributed by atoms with Crippen molar-refractivity contribution in [3.8, 4) is 11.5 Å². The molecule has 0 atom stereocenters. The number of morpholine rings is 1. The minimum absolute atomic E-state index is 0. The van der Waals surface area contributed by atoms with Gasteiger partial charge in [0.1, 0.15) is 18.1 Å². The van der Waals surface area contributed by atoms with Gasteiger partial charge in [0.15, 0.2) is 11.4 Å². The summed E-state index contributed by atoms with van der Waals surface area (Å²) in [4.78, 5) is 27.6. The third kappa shape index (κ3) is 8.82. The Morgan fingerprint density at radius 2 is 1.51 bits per heavy atom. The Kier molecular flexibility index (Phi) is 12.0. The molecule has 1 fully saturated rings. The number of carbonyl (C=O) groups is 2. The number of hydrogen-bond acceptors (Lipinski definition) is 7. The first kappa shape index (κ1) is 32.3. The van der Waals surface area contributed by atoms with Gasteiger partial charge in [-0.25, -0.2) is 4.79 Å². The molecular weight excluding hydrogens is 518 g/mol. The van der Waals surface area contributed by atoms with Crippen molar-refractivity contribution >= 4 is 30.2 Å². The lowest BCUT2D eigenvalue weighted by Gasteiger charge is -2.26. The van der Waals surface area contributed by atoms with Crippen LogP contribution in [0.25, 0.3) is 6.08 Å². The minimum Gasteiger partial charge on any atom is -0.492 e. The number of allylic oxidation sites excluding steroid dienone is 1. The van der Waals surface area contributed by atoms with E-state index in [2.05, 4.69) is 4.90 Å². The van der Waals surface area contributed by atoms with Gasteiger partial charge in [-0.1, -0.05) is 6.08 Å². The van der Waals surface area contributed by atoms with E-state index in [1.807, 2.05) is 52.0 Å². The molecule has 0 aliphatic carbocycles. The number of ether oxygens (including phenoxy) is 4. The molecule has 8 heteroatoms. The molecule has 0 N–H and O–H groups in total. The number of esters is 1. The topological polar surface area (TPSA) is 74.3 Å². The van der Waals surface area contributed by atoms with E-state index in [4.69, 9.17) is 18.9 Å². The maximum absolute atomic E-state index is 13.0. The number of nitrogens with zero attached hydrogens (tertiary/aromatic N) is 1. The van der Waals surface area contributed by atoms with Crippen molar-refractivity contribution in [2.24, 2.45) is 0 Å². The van der Waals surface area contributed by atoms with Crippen molar-refractivity contribution in [3.05, 3.63) is 63.7 Å². The fourth-order valence-electron chi connectivity index (χ4n) is 4.53. The van der Waals surface area contributed by atoms with Crippen LogP contribution in [-0.2, 0) is 14.3 Å². The normalized spacial score (nSPS) is 14.1.